The Hall–Kier alpha value is -3.09. The molecule has 0 unspecified atom stereocenters. The van der Waals surface area contributed by atoms with Gasteiger partial charge in [-0.1, -0.05) is 18.2 Å². The summed E-state index contributed by atoms with van der Waals surface area (Å²) in [6, 6.07) is 8.82. The highest BCUT2D eigenvalue weighted by molar-refractivity contribution is 6.02. The van der Waals surface area contributed by atoms with Gasteiger partial charge >= 0.3 is 12.1 Å². The summed E-state index contributed by atoms with van der Waals surface area (Å²) in [5.74, 6) is -0.536. The van der Waals surface area contributed by atoms with Crippen LogP contribution < -0.4 is 5.43 Å². The summed E-state index contributed by atoms with van der Waals surface area (Å²) in [5.41, 5.74) is -0.501. The quantitative estimate of drug-likeness (QED) is 0.606. The Morgan fingerprint density at radius 2 is 1.78 bits per heavy atom. The molecular weight excluding hydrogens is 361 g/mol. The Morgan fingerprint density at radius 1 is 1.11 bits per heavy atom. The molecule has 3 aromatic rings. The Morgan fingerprint density at radius 3 is 2.37 bits per heavy atom. The monoisotopic (exact) mass is 376 g/mol. The van der Waals surface area contributed by atoms with Crippen LogP contribution in [0.15, 0.2) is 51.7 Å². The van der Waals surface area contributed by atoms with E-state index < -0.39 is 17.7 Å². The molecule has 0 amide bonds. The van der Waals surface area contributed by atoms with Crippen LogP contribution in [0.1, 0.15) is 28.4 Å². The van der Waals surface area contributed by atoms with Crippen molar-refractivity contribution in [3.05, 3.63) is 69.4 Å². The van der Waals surface area contributed by atoms with Gasteiger partial charge in [-0.3, -0.25) is 4.79 Å². The molecule has 0 N–H and O–H groups in total. The number of carbonyl (C=O) groups excluding carboxylic acids is 1. The minimum absolute atomic E-state index is 0.0430. The largest absolute Gasteiger partial charge is 0.462 e. The summed E-state index contributed by atoms with van der Waals surface area (Å²) < 4.78 is 49.1. The smallest absolute Gasteiger partial charge is 0.416 e. The van der Waals surface area contributed by atoms with Gasteiger partial charge in [-0.15, -0.1) is 0 Å². The van der Waals surface area contributed by atoms with Gasteiger partial charge in [0.1, 0.15) is 11.3 Å². The minimum Gasteiger partial charge on any atom is -0.462 e. The summed E-state index contributed by atoms with van der Waals surface area (Å²) in [4.78, 5) is 24.8. The highest BCUT2D eigenvalue weighted by Crippen LogP contribution is 2.32. The zero-order valence-corrected chi connectivity index (χ0v) is 14.5. The zero-order valence-electron chi connectivity index (χ0n) is 14.5. The van der Waals surface area contributed by atoms with E-state index in [-0.39, 0.29) is 39.9 Å². The van der Waals surface area contributed by atoms with Crippen molar-refractivity contribution in [2.75, 3.05) is 6.61 Å². The van der Waals surface area contributed by atoms with Crippen molar-refractivity contribution in [2.24, 2.45) is 0 Å². The maximum atomic E-state index is 12.8. The molecule has 0 atom stereocenters. The van der Waals surface area contributed by atoms with Crippen molar-refractivity contribution in [3.63, 3.8) is 0 Å². The number of ether oxygens (including phenoxy) is 1. The molecule has 27 heavy (non-hydrogen) atoms. The van der Waals surface area contributed by atoms with Crippen LogP contribution in [-0.4, -0.2) is 12.6 Å². The Kier molecular flexibility index (Phi) is 4.78. The lowest BCUT2D eigenvalue weighted by molar-refractivity contribution is -0.137. The molecule has 1 aromatic heterocycles. The number of hydrogen-bond donors (Lipinski definition) is 0. The highest BCUT2D eigenvalue weighted by atomic mass is 19.4. The fourth-order valence-electron chi connectivity index (χ4n) is 2.77. The molecule has 2 aromatic carbocycles. The molecule has 0 aliphatic heterocycles. The normalized spacial score (nSPS) is 11.6. The van der Waals surface area contributed by atoms with Crippen LogP contribution in [0.2, 0.25) is 0 Å². The van der Waals surface area contributed by atoms with Crippen LogP contribution in [0.25, 0.3) is 22.3 Å². The second-order valence-electron chi connectivity index (χ2n) is 5.86. The topological polar surface area (TPSA) is 56.5 Å². The number of rotatable bonds is 3. The van der Waals surface area contributed by atoms with Crippen LogP contribution in [0, 0.1) is 6.92 Å². The second-order valence-corrected chi connectivity index (χ2v) is 5.86. The van der Waals surface area contributed by atoms with E-state index in [0.29, 0.717) is 5.56 Å². The van der Waals surface area contributed by atoms with Gasteiger partial charge in [0.15, 0.2) is 11.0 Å². The van der Waals surface area contributed by atoms with E-state index >= 15 is 0 Å². The third kappa shape index (κ3) is 3.45. The first-order valence-electron chi connectivity index (χ1n) is 8.15. The number of esters is 1. The van der Waals surface area contributed by atoms with Crippen LogP contribution in [0.4, 0.5) is 13.2 Å². The summed E-state index contributed by atoms with van der Waals surface area (Å²) >= 11 is 0. The van der Waals surface area contributed by atoms with E-state index in [9.17, 15) is 22.8 Å². The van der Waals surface area contributed by atoms with Gasteiger partial charge in [-0.05, 0) is 38.1 Å². The van der Waals surface area contributed by atoms with E-state index in [1.807, 2.05) is 0 Å². The maximum Gasteiger partial charge on any atom is 0.416 e. The lowest BCUT2D eigenvalue weighted by Crippen LogP contribution is -2.11. The number of benzene rings is 2. The molecule has 0 saturated heterocycles. The van der Waals surface area contributed by atoms with Crippen LogP contribution in [0.3, 0.4) is 0 Å². The van der Waals surface area contributed by atoms with E-state index in [4.69, 9.17) is 9.15 Å². The van der Waals surface area contributed by atoms with Gasteiger partial charge in [0.25, 0.3) is 0 Å². The van der Waals surface area contributed by atoms with Gasteiger partial charge in [0.2, 0.25) is 0 Å². The number of alkyl halides is 3. The van der Waals surface area contributed by atoms with E-state index in [0.717, 1.165) is 12.1 Å². The van der Waals surface area contributed by atoms with Crippen molar-refractivity contribution in [1.82, 2.24) is 0 Å². The number of halogens is 3. The molecule has 0 aliphatic rings. The Labute approximate surface area is 152 Å². The summed E-state index contributed by atoms with van der Waals surface area (Å²) in [6.07, 6.45) is -4.46. The van der Waals surface area contributed by atoms with Crippen molar-refractivity contribution in [1.29, 1.82) is 0 Å². The third-order valence-electron chi connectivity index (χ3n) is 4.11. The van der Waals surface area contributed by atoms with Gasteiger partial charge in [0.05, 0.1) is 17.6 Å². The molecule has 140 valence electrons. The fourth-order valence-corrected chi connectivity index (χ4v) is 2.77. The SMILES string of the molecule is CCOC(=O)c1cccc2c(=O)c(C)c(-c3ccc(C(F)(F)F)cc3)oc12. The predicted molar refractivity (Wildman–Crippen MR) is 93.6 cm³/mol. The van der Waals surface area contributed by atoms with Crippen LogP contribution >= 0.6 is 0 Å². The lowest BCUT2D eigenvalue weighted by Gasteiger charge is -2.11. The number of para-hydroxylation sites is 1. The molecule has 7 heteroatoms. The van der Waals surface area contributed by atoms with Crippen LogP contribution in [0.5, 0.6) is 0 Å². The molecular formula is C20H15F3O4. The summed E-state index contributed by atoms with van der Waals surface area (Å²) in [7, 11) is 0. The van der Waals surface area contributed by atoms with Crippen molar-refractivity contribution in [3.8, 4) is 11.3 Å². The fraction of sp³-hybridized carbons (Fsp3) is 0.200. The minimum atomic E-state index is -4.46. The van der Waals surface area contributed by atoms with E-state index in [1.165, 1.54) is 31.2 Å². The number of carbonyl (C=O) groups is 1. The maximum absolute atomic E-state index is 12.8. The predicted octanol–water partition coefficient (Wildman–Crippen LogP) is 4.96. The molecule has 0 radical (unpaired) electrons. The molecule has 0 aliphatic carbocycles. The van der Waals surface area contributed by atoms with Crippen molar-refractivity contribution in [2.45, 2.75) is 20.0 Å². The molecule has 4 nitrogen and oxygen atoms in total. The summed E-state index contributed by atoms with van der Waals surface area (Å²) in [6.45, 7) is 3.32. The third-order valence-corrected chi connectivity index (χ3v) is 4.11. The lowest BCUT2D eigenvalue weighted by atomic mass is 10.0. The molecule has 3 rings (SSSR count). The molecule has 1 heterocycles. The molecule has 0 bridgehead atoms. The first-order valence-corrected chi connectivity index (χ1v) is 8.15. The van der Waals surface area contributed by atoms with E-state index in [2.05, 4.69) is 0 Å². The zero-order chi connectivity index (χ0) is 19.8. The molecule has 0 fully saturated rings. The number of hydrogen-bond acceptors (Lipinski definition) is 4. The average Bonchev–Trinajstić information content (AvgIpc) is 2.64. The van der Waals surface area contributed by atoms with Gasteiger partial charge in [-0.2, -0.15) is 13.2 Å². The van der Waals surface area contributed by atoms with Crippen LogP contribution in [-0.2, 0) is 10.9 Å². The van der Waals surface area contributed by atoms with E-state index in [1.54, 1.807) is 13.0 Å². The molecule has 0 spiro atoms. The van der Waals surface area contributed by atoms with Crippen molar-refractivity contribution >= 4 is 16.9 Å². The number of fused-ring (bicyclic) bond motifs is 1. The van der Waals surface area contributed by atoms with Gasteiger partial charge in [0, 0.05) is 11.1 Å². The average molecular weight is 376 g/mol. The van der Waals surface area contributed by atoms with Crippen molar-refractivity contribution < 1.29 is 27.1 Å². The first-order chi connectivity index (χ1) is 12.7. The Bertz CT molecular complexity index is 1060. The second kappa shape index (κ2) is 6.90. The standard InChI is InChI=1S/C20H15F3O4/c1-3-26-19(25)15-6-4-5-14-16(24)11(2)17(27-18(14)15)12-7-9-13(10-8-12)20(21,22)23/h4-10H,3H2,1-2H3. The Balaban J connectivity index is 2.22. The van der Waals surface area contributed by atoms with Gasteiger partial charge < -0.3 is 9.15 Å². The first kappa shape index (κ1) is 18.7. The molecule has 0 saturated carbocycles. The summed E-state index contributed by atoms with van der Waals surface area (Å²) in [5, 5.41) is 0.203. The highest BCUT2D eigenvalue weighted by Gasteiger charge is 2.30. The van der Waals surface area contributed by atoms with Gasteiger partial charge in [-0.25, -0.2) is 4.79 Å².